The van der Waals surface area contributed by atoms with E-state index in [1.807, 2.05) is 42.5 Å². The maximum Gasteiger partial charge on any atom is 0.291 e. The lowest BCUT2D eigenvalue weighted by molar-refractivity contribution is -0.112. The van der Waals surface area contributed by atoms with Gasteiger partial charge >= 0.3 is 0 Å². The van der Waals surface area contributed by atoms with Crippen LogP contribution in [0.3, 0.4) is 0 Å². The molecule has 0 spiro atoms. The second-order valence-corrected chi connectivity index (χ2v) is 8.78. The third-order valence-corrected chi connectivity index (χ3v) is 6.50. The van der Waals surface area contributed by atoms with Gasteiger partial charge in [0.1, 0.15) is 16.9 Å². The summed E-state index contributed by atoms with van der Waals surface area (Å²) in [5, 5.41) is 4.38. The molecule has 0 atom stereocenters. The van der Waals surface area contributed by atoms with Crippen molar-refractivity contribution in [1.29, 1.82) is 0 Å². The number of hydrogen-bond acceptors (Lipinski definition) is 6. The summed E-state index contributed by atoms with van der Waals surface area (Å²) in [6.45, 7) is 4.05. The van der Waals surface area contributed by atoms with E-state index in [1.54, 1.807) is 18.0 Å². The van der Waals surface area contributed by atoms with Crippen LogP contribution >= 0.6 is 27.3 Å². The summed E-state index contributed by atoms with van der Waals surface area (Å²) in [4.78, 5) is 32.5. The molecule has 0 radical (unpaired) electrons. The fraction of sp³-hybridized carbons (Fsp3) is 0.0909. The Bertz CT molecular complexity index is 1470. The number of amides is 1. The maximum atomic E-state index is 13.1. The lowest BCUT2D eigenvalue weighted by Crippen LogP contribution is -2.30. The summed E-state index contributed by atoms with van der Waals surface area (Å²) >= 11 is 4.61. The molecule has 0 saturated heterocycles. The number of ether oxygens (including phenoxy) is 1. The average Bonchev–Trinajstić information content (AvgIpc) is 3.39. The SMILES string of the molecule is C=CCOc1ccc(-c2nc3sc(=C4C(=O)N(C)c5ccc(Br)cc54)c(=O)n3n2)cc1. The van der Waals surface area contributed by atoms with E-state index < -0.39 is 0 Å². The van der Waals surface area contributed by atoms with E-state index in [2.05, 4.69) is 32.6 Å². The monoisotopic (exact) mass is 494 g/mol. The predicted octanol–water partition coefficient (Wildman–Crippen LogP) is 3.04. The topological polar surface area (TPSA) is 76.8 Å². The van der Waals surface area contributed by atoms with Crippen molar-refractivity contribution < 1.29 is 9.53 Å². The molecule has 1 aliphatic rings. The highest BCUT2D eigenvalue weighted by atomic mass is 79.9. The molecule has 1 amide bonds. The Morgan fingerprint density at radius 1 is 1.19 bits per heavy atom. The first kappa shape index (κ1) is 19.7. The molecule has 4 aromatic rings. The molecule has 0 fully saturated rings. The van der Waals surface area contributed by atoms with Crippen LogP contribution in [0.25, 0.3) is 21.9 Å². The Morgan fingerprint density at radius 3 is 2.68 bits per heavy atom. The van der Waals surface area contributed by atoms with Crippen LogP contribution in [0, 0.1) is 0 Å². The van der Waals surface area contributed by atoms with Crippen molar-refractivity contribution in [3.05, 3.63) is 80.0 Å². The standard InChI is InChI=1S/C22H15BrN4O3S/c1-3-10-30-14-7-4-12(5-8-14)19-24-22-27(25-19)21(29)18(31-22)17-15-11-13(23)6-9-16(15)26(2)20(17)28/h3-9,11H,1,10H2,2H3. The highest BCUT2D eigenvalue weighted by Gasteiger charge is 2.32. The van der Waals surface area contributed by atoms with Gasteiger partial charge in [0.2, 0.25) is 4.96 Å². The molecule has 2 aromatic carbocycles. The van der Waals surface area contributed by atoms with Gasteiger partial charge in [0.15, 0.2) is 5.82 Å². The van der Waals surface area contributed by atoms with E-state index in [9.17, 15) is 9.59 Å². The molecule has 0 N–H and O–H groups in total. The Hall–Kier alpha value is -3.30. The van der Waals surface area contributed by atoms with Crippen LogP contribution < -0.4 is 19.7 Å². The van der Waals surface area contributed by atoms with Gasteiger partial charge in [-0.2, -0.15) is 9.50 Å². The number of thiazole rings is 1. The number of fused-ring (bicyclic) bond motifs is 2. The van der Waals surface area contributed by atoms with Gasteiger partial charge in [-0.1, -0.05) is 39.9 Å². The Balaban J connectivity index is 1.61. The van der Waals surface area contributed by atoms with E-state index >= 15 is 0 Å². The molecule has 2 aromatic heterocycles. The third-order valence-electron chi connectivity index (χ3n) is 4.97. The second kappa shape index (κ2) is 7.44. The number of carbonyl (C=O) groups excluding carboxylic acids is 1. The summed E-state index contributed by atoms with van der Waals surface area (Å²) in [7, 11) is 1.70. The zero-order valence-corrected chi connectivity index (χ0v) is 18.7. The predicted molar refractivity (Wildman–Crippen MR) is 124 cm³/mol. The molecule has 0 saturated carbocycles. The average molecular weight is 495 g/mol. The lowest BCUT2D eigenvalue weighted by Gasteiger charge is -2.08. The van der Waals surface area contributed by atoms with Crippen LogP contribution in [0.15, 0.2) is 64.4 Å². The van der Waals surface area contributed by atoms with E-state index in [0.29, 0.717) is 33.2 Å². The molecule has 1 aliphatic heterocycles. The fourth-order valence-electron chi connectivity index (χ4n) is 3.48. The van der Waals surface area contributed by atoms with Gasteiger partial charge in [-0.25, -0.2) is 0 Å². The van der Waals surface area contributed by atoms with E-state index in [1.165, 1.54) is 15.9 Å². The summed E-state index contributed by atoms with van der Waals surface area (Å²) < 4.78 is 7.91. The quantitative estimate of drug-likeness (QED) is 0.407. The molecule has 0 unspecified atom stereocenters. The lowest BCUT2D eigenvalue weighted by atomic mass is 10.1. The minimum atomic E-state index is -0.353. The van der Waals surface area contributed by atoms with Gasteiger partial charge in [-0.3, -0.25) is 9.59 Å². The zero-order chi connectivity index (χ0) is 21.7. The van der Waals surface area contributed by atoms with Gasteiger partial charge in [-0.15, -0.1) is 5.10 Å². The minimum Gasteiger partial charge on any atom is -0.490 e. The van der Waals surface area contributed by atoms with Crippen LogP contribution in [0.1, 0.15) is 5.56 Å². The van der Waals surface area contributed by atoms with Crippen molar-refractivity contribution in [1.82, 2.24) is 14.6 Å². The van der Waals surface area contributed by atoms with E-state index in [0.717, 1.165) is 21.3 Å². The minimum absolute atomic E-state index is 0.218. The molecule has 9 heteroatoms. The van der Waals surface area contributed by atoms with Crippen LogP contribution in [0.5, 0.6) is 5.75 Å². The van der Waals surface area contributed by atoms with Crippen LogP contribution in [-0.4, -0.2) is 34.2 Å². The first-order valence-electron chi connectivity index (χ1n) is 9.34. The number of rotatable bonds is 4. The Labute approximate surface area is 189 Å². The summed E-state index contributed by atoms with van der Waals surface area (Å²) in [5.74, 6) is 0.930. The summed E-state index contributed by atoms with van der Waals surface area (Å²) in [6, 6.07) is 12.9. The summed E-state index contributed by atoms with van der Waals surface area (Å²) in [6.07, 6.45) is 1.67. The summed E-state index contributed by atoms with van der Waals surface area (Å²) in [5.41, 5.74) is 2.28. The first-order valence-corrected chi connectivity index (χ1v) is 10.9. The molecule has 31 heavy (non-hydrogen) atoms. The largest absolute Gasteiger partial charge is 0.490 e. The van der Waals surface area contributed by atoms with E-state index in [-0.39, 0.29) is 11.5 Å². The molecule has 0 aliphatic carbocycles. The zero-order valence-electron chi connectivity index (χ0n) is 16.3. The van der Waals surface area contributed by atoms with Crippen molar-refractivity contribution in [3.63, 3.8) is 0 Å². The number of likely N-dealkylation sites (N-methyl/N-ethyl adjacent to an activating group) is 1. The molecule has 154 valence electrons. The number of anilines is 1. The molecular weight excluding hydrogens is 480 g/mol. The smallest absolute Gasteiger partial charge is 0.291 e. The molecule has 5 rings (SSSR count). The number of benzene rings is 2. The van der Waals surface area contributed by atoms with Gasteiger partial charge in [-0.05, 0) is 42.5 Å². The number of nitrogens with zero attached hydrogens (tertiary/aromatic N) is 4. The highest BCUT2D eigenvalue weighted by molar-refractivity contribution is 9.10. The van der Waals surface area contributed by atoms with Crippen molar-refractivity contribution in [2.24, 2.45) is 0 Å². The molecular formula is C22H15BrN4O3S. The van der Waals surface area contributed by atoms with Gasteiger partial charge < -0.3 is 9.64 Å². The van der Waals surface area contributed by atoms with Crippen molar-refractivity contribution >= 4 is 49.4 Å². The van der Waals surface area contributed by atoms with Crippen LogP contribution in [0.4, 0.5) is 5.69 Å². The van der Waals surface area contributed by atoms with Gasteiger partial charge in [0.05, 0.1) is 11.3 Å². The van der Waals surface area contributed by atoms with Crippen LogP contribution in [-0.2, 0) is 4.79 Å². The maximum absolute atomic E-state index is 13.1. The van der Waals surface area contributed by atoms with E-state index in [4.69, 9.17) is 4.74 Å². The van der Waals surface area contributed by atoms with Crippen LogP contribution in [0.2, 0.25) is 0 Å². The normalized spacial score (nSPS) is 14.9. The molecule has 0 bridgehead atoms. The first-order chi connectivity index (χ1) is 15.0. The van der Waals surface area contributed by atoms with Crippen molar-refractivity contribution in [2.45, 2.75) is 0 Å². The van der Waals surface area contributed by atoms with Crippen molar-refractivity contribution in [2.75, 3.05) is 18.6 Å². The highest BCUT2D eigenvalue weighted by Crippen LogP contribution is 2.36. The molecule has 7 nitrogen and oxygen atoms in total. The van der Waals surface area contributed by atoms with Gasteiger partial charge in [0.25, 0.3) is 11.5 Å². The molecule has 3 heterocycles. The van der Waals surface area contributed by atoms with Crippen molar-refractivity contribution in [3.8, 4) is 17.1 Å². The van der Waals surface area contributed by atoms with Gasteiger partial charge in [0, 0.05) is 22.6 Å². The third kappa shape index (κ3) is 3.17. The number of carbonyl (C=O) groups is 1. The fourth-order valence-corrected chi connectivity index (χ4v) is 4.83. The number of aromatic nitrogens is 3. The number of halogens is 1. The Morgan fingerprint density at radius 2 is 1.97 bits per heavy atom. The second-order valence-electron chi connectivity index (χ2n) is 6.89. The Kier molecular flexibility index (Phi) is 4.71. The number of hydrogen-bond donors (Lipinski definition) is 0.